The lowest BCUT2D eigenvalue weighted by Crippen LogP contribution is -2.46. The highest BCUT2D eigenvalue weighted by atomic mass is 32.2. The molecule has 3 amide bonds. The number of urea groups is 1. The zero-order valence-corrected chi connectivity index (χ0v) is 12.6. The average Bonchev–Trinajstić information content (AvgIpc) is 2.43. The maximum absolute atomic E-state index is 12.1. The van der Waals surface area contributed by atoms with Gasteiger partial charge in [0.15, 0.2) is 0 Å². The van der Waals surface area contributed by atoms with E-state index in [-0.39, 0.29) is 5.91 Å². The summed E-state index contributed by atoms with van der Waals surface area (Å²) in [4.78, 5) is 23.1. The van der Waals surface area contributed by atoms with E-state index in [1.807, 2.05) is 30.5 Å². The van der Waals surface area contributed by atoms with Crippen molar-refractivity contribution in [2.45, 2.75) is 25.8 Å². The van der Waals surface area contributed by atoms with Crippen LogP contribution in [0.25, 0.3) is 0 Å². The van der Waals surface area contributed by atoms with E-state index in [1.165, 1.54) is 5.56 Å². The molecule has 0 radical (unpaired) electrons. The zero-order valence-electron chi connectivity index (χ0n) is 11.8. The number of thioether (sulfide) groups is 1. The van der Waals surface area contributed by atoms with Gasteiger partial charge in [-0.15, -0.1) is 0 Å². The minimum absolute atomic E-state index is 0.248. The van der Waals surface area contributed by atoms with Crippen molar-refractivity contribution >= 4 is 29.4 Å². The molecular formula is C14H21N3O2S. The van der Waals surface area contributed by atoms with Crippen LogP contribution in [-0.2, 0) is 11.2 Å². The molecule has 6 heteroatoms. The van der Waals surface area contributed by atoms with Crippen LogP contribution in [0.4, 0.5) is 10.5 Å². The summed E-state index contributed by atoms with van der Waals surface area (Å²) in [6.45, 7) is 2.07. The van der Waals surface area contributed by atoms with Gasteiger partial charge in [-0.1, -0.05) is 19.1 Å². The van der Waals surface area contributed by atoms with Crippen LogP contribution in [0.15, 0.2) is 24.3 Å². The van der Waals surface area contributed by atoms with Crippen LogP contribution < -0.4 is 16.4 Å². The van der Waals surface area contributed by atoms with Crippen molar-refractivity contribution in [2.75, 3.05) is 17.3 Å². The summed E-state index contributed by atoms with van der Waals surface area (Å²) in [5.74, 6) is 0.523. The Morgan fingerprint density at radius 1 is 1.30 bits per heavy atom. The van der Waals surface area contributed by atoms with Gasteiger partial charge in [-0.3, -0.25) is 4.79 Å². The van der Waals surface area contributed by atoms with Crippen LogP contribution in [0.1, 0.15) is 18.9 Å². The molecule has 0 unspecified atom stereocenters. The molecule has 0 heterocycles. The number of rotatable bonds is 7. The Morgan fingerprint density at radius 2 is 1.95 bits per heavy atom. The molecule has 1 aromatic rings. The van der Waals surface area contributed by atoms with E-state index in [0.717, 1.165) is 12.2 Å². The maximum Gasteiger partial charge on any atom is 0.312 e. The fraction of sp³-hybridized carbons (Fsp3) is 0.429. The van der Waals surface area contributed by atoms with Crippen molar-refractivity contribution in [2.24, 2.45) is 5.73 Å². The van der Waals surface area contributed by atoms with Crippen LogP contribution in [0.5, 0.6) is 0 Å². The molecule has 1 rings (SSSR count). The average molecular weight is 295 g/mol. The Balaban J connectivity index is 2.65. The topological polar surface area (TPSA) is 84.2 Å². The molecule has 0 fully saturated rings. The second-order valence-corrected chi connectivity index (χ2v) is 5.37. The molecule has 0 aliphatic rings. The van der Waals surface area contributed by atoms with E-state index in [1.54, 1.807) is 11.8 Å². The summed E-state index contributed by atoms with van der Waals surface area (Å²) in [5.41, 5.74) is 7.02. The number of carbonyl (C=O) groups is 2. The first-order valence-electron chi connectivity index (χ1n) is 6.51. The molecule has 0 saturated heterocycles. The lowest BCUT2D eigenvalue weighted by Gasteiger charge is -2.17. The standard InChI is InChI=1S/C14H21N3O2S/c1-3-10-4-6-11(7-5-10)16-13(18)12(8-9-20-2)17-14(15)19/h4-7,12H,3,8-9H2,1-2H3,(H,16,18)(H3,15,17,19)/t12-/m1/s1. The third-order valence-electron chi connectivity index (χ3n) is 2.87. The van der Waals surface area contributed by atoms with Gasteiger partial charge in [0.25, 0.3) is 0 Å². The van der Waals surface area contributed by atoms with Crippen LogP contribution in [0, 0.1) is 0 Å². The van der Waals surface area contributed by atoms with Crippen molar-refractivity contribution in [1.82, 2.24) is 5.32 Å². The molecular weight excluding hydrogens is 274 g/mol. The highest BCUT2D eigenvalue weighted by molar-refractivity contribution is 7.98. The largest absolute Gasteiger partial charge is 0.352 e. The molecule has 0 aromatic heterocycles. The minimum atomic E-state index is -0.687. The fourth-order valence-corrected chi connectivity index (χ4v) is 2.20. The number of amides is 3. The van der Waals surface area contributed by atoms with Crippen LogP contribution in [0.2, 0.25) is 0 Å². The second-order valence-electron chi connectivity index (χ2n) is 4.38. The summed E-state index contributed by atoms with van der Waals surface area (Å²) >= 11 is 1.61. The Hall–Kier alpha value is -1.69. The number of aryl methyl sites for hydroxylation is 1. The zero-order chi connectivity index (χ0) is 15.0. The second kappa shape index (κ2) is 8.47. The summed E-state index contributed by atoms with van der Waals surface area (Å²) < 4.78 is 0. The molecule has 20 heavy (non-hydrogen) atoms. The summed E-state index contributed by atoms with van der Waals surface area (Å²) in [6, 6.07) is 6.35. The van der Waals surface area contributed by atoms with Gasteiger partial charge in [0, 0.05) is 5.69 Å². The molecule has 0 spiro atoms. The van der Waals surface area contributed by atoms with Gasteiger partial charge in [-0.05, 0) is 42.5 Å². The number of hydrogen-bond acceptors (Lipinski definition) is 3. The van der Waals surface area contributed by atoms with Gasteiger partial charge < -0.3 is 16.4 Å². The quantitative estimate of drug-likeness (QED) is 0.719. The Morgan fingerprint density at radius 3 is 2.45 bits per heavy atom. The summed E-state index contributed by atoms with van der Waals surface area (Å²) in [5, 5.41) is 5.26. The number of benzene rings is 1. The highest BCUT2D eigenvalue weighted by Gasteiger charge is 2.19. The van der Waals surface area contributed by atoms with Gasteiger partial charge in [0.05, 0.1) is 0 Å². The van der Waals surface area contributed by atoms with Crippen LogP contribution >= 0.6 is 11.8 Å². The van der Waals surface area contributed by atoms with Gasteiger partial charge in [-0.25, -0.2) is 4.79 Å². The molecule has 5 nitrogen and oxygen atoms in total. The van der Waals surface area contributed by atoms with Gasteiger partial charge in [-0.2, -0.15) is 11.8 Å². The van der Waals surface area contributed by atoms with Gasteiger partial charge in [0.2, 0.25) is 5.91 Å². The van der Waals surface area contributed by atoms with E-state index >= 15 is 0 Å². The number of primary amides is 1. The van der Waals surface area contributed by atoms with Crippen molar-refractivity contribution in [3.63, 3.8) is 0 Å². The molecule has 4 N–H and O–H groups in total. The van der Waals surface area contributed by atoms with Crippen LogP contribution in [-0.4, -0.2) is 30.0 Å². The Bertz CT molecular complexity index is 448. The number of carbonyl (C=O) groups excluding carboxylic acids is 2. The van der Waals surface area contributed by atoms with E-state index in [4.69, 9.17) is 5.73 Å². The Labute approximate surface area is 123 Å². The van der Waals surface area contributed by atoms with Crippen molar-refractivity contribution in [3.8, 4) is 0 Å². The lowest BCUT2D eigenvalue weighted by molar-refractivity contribution is -0.117. The highest BCUT2D eigenvalue weighted by Crippen LogP contribution is 2.11. The third-order valence-corrected chi connectivity index (χ3v) is 3.52. The first-order chi connectivity index (χ1) is 9.56. The van der Waals surface area contributed by atoms with Crippen molar-refractivity contribution < 1.29 is 9.59 Å². The number of hydrogen-bond donors (Lipinski definition) is 3. The van der Waals surface area contributed by atoms with Crippen molar-refractivity contribution in [3.05, 3.63) is 29.8 Å². The number of anilines is 1. The predicted molar refractivity (Wildman–Crippen MR) is 84.0 cm³/mol. The summed E-state index contributed by atoms with van der Waals surface area (Å²) in [7, 11) is 0. The van der Waals surface area contributed by atoms with E-state index in [2.05, 4.69) is 17.6 Å². The van der Waals surface area contributed by atoms with Crippen LogP contribution in [0.3, 0.4) is 0 Å². The fourth-order valence-electron chi connectivity index (χ4n) is 1.73. The monoisotopic (exact) mass is 295 g/mol. The number of nitrogens with one attached hydrogen (secondary N) is 2. The molecule has 110 valence electrons. The van der Waals surface area contributed by atoms with E-state index in [9.17, 15) is 9.59 Å². The van der Waals surface area contributed by atoms with Gasteiger partial charge >= 0.3 is 6.03 Å². The molecule has 1 aromatic carbocycles. The normalized spacial score (nSPS) is 11.7. The first kappa shape index (κ1) is 16.4. The maximum atomic E-state index is 12.1. The SMILES string of the molecule is CCc1ccc(NC(=O)[C@@H](CCSC)NC(N)=O)cc1. The smallest absolute Gasteiger partial charge is 0.312 e. The predicted octanol–water partition coefficient (Wildman–Crippen LogP) is 1.98. The first-order valence-corrected chi connectivity index (χ1v) is 7.91. The molecule has 1 atom stereocenters. The molecule has 0 bridgehead atoms. The molecule has 0 aliphatic carbocycles. The Kier molecular flexibility index (Phi) is 6.93. The van der Waals surface area contributed by atoms with Crippen molar-refractivity contribution in [1.29, 1.82) is 0 Å². The number of nitrogens with two attached hydrogens (primary N) is 1. The lowest BCUT2D eigenvalue weighted by atomic mass is 10.1. The van der Waals surface area contributed by atoms with Gasteiger partial charge in [0.1, 0.15) is 6.04 Å². The van der Waals surface area contributed by atoms with E-state index in [0.29, 0.717) is 12.1 Å². The van der Waals surface area contributed by atoms with E-state index < -0.39 is 12.1 Å². The molecule has 0 aliphatic heterocycles. The minimum Gasteiger partial charge on any atom is -0.352 e. The molecule has 0 saturated carbocycles. The third kappa shape index (κ3) is 5.52. The summed E-state index contributed by atoms with van der Waals surface area (Å²) in [6.07, 6.45) is 3.44.